The summed E-state index contributed by atoms with van der Waals surface area (Å²) in [6.45, 7) is 5.89. The molecule has 2 aliphatic heterocycles. The van der Waals surface area contributed by atoms with Crippen molar-refractivity contribution in [2.45, 2.75) is 70.2 Å². The van der Waals surface area contributed by atoms with Crippen LogP contribution in [0.3, 0.4) is 0 Å². The average molecular weight is 459 g/mol. The Bertz CT molecular complexity index is 1020. The van der Waals surface area contributed by atoms with Crippen molar-refractivity contribution in [3.05, 3.63) is 35.6 Å². The van der Waals surface area contributed by atoms with Crippen LogP contribution in [0.5, 0.6) is 0 Å². The van der Waals surface area contributed by atoms with Gasteiger partial charge in [-0.2, -0.15) is 5.26 Å². The Morgan fingerprint density at radius 1 is 1.27 bits per heavy atom. The van der Waals surface area contributed by atoms with E-state index in [0.717, 1.165) is 5.57 Å². The van der Waals surface area contributed by atoms with Gasteiger partial charge < -0.3 is 33.6 Å². The monoisotopic (exact) mass is 458 g/mol. The molecule has 4 heterocycles. The second-order valence-corrected chi connectivity index (χ2v) is 9.16. The molecule has 2 aromatic heterocycles. The molecule has 2 fully saturated rings. The van der Waals surface area contributed by atoms with Gasteiger partial charge in [-0.1, -0.05) is 12.5 Å². The van der Waals surface area contributed by atoms with Crippen LogP contribution in [0.1, 0.15) is 45.1 Å². The van der Waals surface area contributed by atoms with Crippen molar-refractivity contribution < 1.29 is 33.6 Å². The highest BCUT2D eigenvalue weighted by Gasteiger charge is 2.48. The molecule has 0 aromatic carbocycles. The molecule has 8 atom stereocenters. The SMILES string of the molecule is C/C(=C\c1ncc(-c2cc(C#N)co2)o1)C[C@@H]1OC[C@H](C[C@@H]2O[C@H]2[C@@H](C)[C@H](C)O)[C@@H](O)[C@H]1O. The van der Waals surface area contributed by atoms with E-state index in [2.05, 4.69) is 4.98 Å². The van der Waals surface area contributed by atoms with Crippen molar-refractivity contribution in [2.24, 2.45) is 11.8 Å². The molecule has 0 unspecified atom stereocenters. The molecular weight excluding hydrogens is 428 g/mol. The molecule has 4 rings (SSSR count). The zero-order chi connectivity index (χ0) is 23.7. The van der Waals surface area contributed by atoms with E-state index in [0.29, 0.717) is 42.4 Å². The van der Waals surface area contributed by atoms with Crippen molar-refractivity contribution in [3.63, 3.8) is 0 Å². The number of aromatic nitrogens is 1. The first kappa shape index (κ1) is 23.7. The van der Waals surface area contributed by atoms with Crippen LogP contribution in [0.2, 0.25) is 0 Å². The number of nitriles is 1. The number of nitrogens with zero attached hydrogens (tertiary/aromatic N) is 2. The van der Waals surface area contributed by atoms with Gasteiger partial charge in [-0.25, -0.2) is 4.98 Å². The molecule has 2 aromatic rings. The topological polar surface area (TPSA) is 145 Å². The lowest BCUT2D eigenvalue weighted by Crippen LogP contribution is -2.50. The molecule has 2 saturated heterocycles. The van der Waals surface area contributed by atoms with Crippen LogP contribution in [0.25, 0.3) is 17.6 Å². The van der Waals surface area contributed by atoms with Crippen LogP contribution in [-0.2, 0) is 9.47 Å². The minimum absolute atomic E-state index is 0.0180. The number of hydrogen-bond acceptors (Lipinski definition) is 9. The van der Waals surface area contributed by atoms with Crippen LogP contribution in [-0.4, -0.2) is 63.5 Å². The third-order valence-electron chi connectivity index (χ3n) is 6.56. The Morgan fingerprint density at radius 2 is 2.06 bits per heavy atom. The number of aliphatic hydroxyl groups is 3. The summed E-state index contributed by atoms with van der Waals surface area (Å²) in [4.78, 5) is 4.21. The second kappa shape index (κ2) is 9.79. The fourth-order valence-electron chi connectivity index (χ4n) is 4.29. The van der Waals surface area contributed by atoms with E-state index in [-0.39, 0.29) is 24.0 Å². The van der Waals surface area contributed by atoms with Gasteiger partial charge in [0.2, 0.25) is 5.89 Å². The summed E-state index contributed by atoms with van der Waals surface area (Å²) in [5.74, 6) is 0.997. The first-order chi connectivity index (χ1) is 15.8. The normalized spacial score (nSPS) is 31.7. The molecule has 33 heavy (non-hydrogen) atoms. The molecule has 178 valence electrons. The Morgan fingerprint density at radius 3 is 2.76 bits per heavy atom. The molecule has 0 saturated carbocycles. The molecule has 9 heteroatoms. The van der Waals surface area contributed by atoms with Crippen molar-refractivity contribution in [1.82, 2.24) is 4.98 Å². The minimum atomic E-state index is -1.02. The largest absolute Gasteiger partial charge is 0.460 e. The number of rotatable bonds is 8. The summed E-state index contributed by atoms with van der Waals surface area (Å²) in [5, 5.41) is 39.9. The number of aliphatic hydroxyl groups excluding tert-OH is 3. The molecular formula is C24H30N2O7. The summed E-state index contributed by atoms with van der Waals surface area (Å²) in [7, 11) is 0. The molecule has 0 bridgehead atoms. The molecule has 2 aliphatic rings. The van der Waals surface area contributed by atoms with Crippen LogP contribution >= 0.6 is 0 Å². The maximum Gasteiger partial charge on any atom is 0.219 e. The van der Waals surface area contributed by atoms with E-state index in [1.807, 2.05) is 19.9 Å². The minimum Gasteiger partial charge on any atom is -0.460 e. The highest BCUT2D eigenvalue weighted by molar-refractivity contribution is 5.54. The van der Waals surface area contributed by atoms with Crippen molar-refractivity contribution in [3.8, 4) is 17.6 Å². The summed E-state index contributed by atoms with van der Waals surface area (Å²) in [5.41, 5.74) is 1.27. The Balaban J connectivity index is 1.31. The Labute approximate surface area is 192 Å². The lowest BCUT2D eigenvalue weighted by molar-refractivity contribution is -0.165. The van der Waals surface area contributed by atoms with Gasteiger partial charge in [-0.15, -0.1) is 0 Å². The van der Waals surface area contributed by atoms with Crippen molar-refractivity contribution in [2.75, 3.05) is 6.61 Å². The predicted octanol–water partition coefficient (Wildman–Crippen LogP) is 2.51. The van der Waals surface area contributed by atoms with E-state index in [4.69, 9.17) is 23.6 Å². The smallest absolute Gasteiger partial charge is 0.219 e. The Kier molecular flexibility index (Phi) is 7.02. The summed E-state index contributed by atoms with van der Waals surface area (Å²) in [6, 6.07) is 3.57. The van der Waals surface area contributed by atoms with E-state index in [1.165, 1.54) is 12.5 Å². The van der Waals surface area contributed by atoms with E-state index < -0.39 is 24.4 Å². The number of ether oxygens (including phenoxy) is 2. The quantitative estimate of drug-likeness (QED) is 0.508. The van der Waals surface area contributed by atoms with Gasteiger partial charge in [0.15, 0.2) is 11.5 Å². The third kappa shape index (κ3) is 5.37. The zero-order valence-electron chi connectivity index (χ0n) is 18.9. The maximum atomic E-state index is 10.7. The molecule has 0 amide bonds. The fraction of sp³-hybridized carbons (Fsp3) is 0.583. The standard InChI is InChI=1S/C24H30N2O7/c1-12(5-21-26-9-20(32-21)17-6-15(8-25)10-30-17)4-18-23(29)22(28)16(11-31-18)7-19-24(33-19)13(2)14(3)27/h5-6,9-10,13-14,16,18-19,22-24,27-29H,4,7,11H2,1-3H3/b12-5+/t13-,14-,16-,18-,19-,22+,23-,24-/m0/s1. The van der Waals surface area contributed by atoms with Crippen molar-refractivity contribution >= 4 is 6.08 Å². The van der Waals surface area contributed by atoms with E-state index >= 15 is 0 Å². The van der Waals surface area contributed by atoms with Gasteiger partial charge in [-0.05, 0) is 32.8 Å². The number of oxazole rings is 1. The summed E-state index contributed by atoms with van der Waals surface area (Å²) < 4.78 is 22.5. The first-order valence-corrected chi connectivity index (χ1v) is 11.2. The molecule has 0 radical (unpaired) electrons. The number of epoxide rings is 1. The third-order valence-corrected chi connectivity index (χ3v) is 6.56. The molecule has 0 spiro atoms. The van der Waals surface area contributed by atoms with Gasteiger partial charge >= 0.3 is 0 Å². The molecule has 9 nitrogen and oxygen atoms in total. The highest BCUT2D eigenvalue weighted by atomic mass is 16.6. The second-order valence-electron chi connectivity index (χ2n) is 9.16. The van der Waals surface area contributed by atoms with Gasteiger partial charge in [0.25, 0.3) is 0 Å². The zero-order valence-corrected chi connectivity index (χ0v) is 18.9. The van der Waals surface area contributed by atoms with Crippen molar-refractivity contribution in [1.29, 1.82) is 5.26 Å². The van der Waals surface area contributed by atoms with E-state index in [9.17, 15) is 15.3 Å². The first-order valence-electron chi connectivity index (χ1n) is 11.2. The van der Waals surface area contributed by atoms with Gasteiger partial charge in [0, 0.05) is 17.9 Å². The van der Waals surface area contributed by atoms with Crippen LogP contribution in [0, 0.1) is 23.2 Å². The maximum absolute atomic E-state index is 10.7. The van der Waals surface area contributed by atoms with Crippen LogP contribution < -0.4 is 0 Å². The number of furan rings is 1. The van der Waals surface area contributed by atoms with Gasteiger partial charge in [-0.3, -0.25) is 0 Å². The predicted molar refractivity (Wildman–Crippen MR) is 117 cm³/mol. The summed E-state index contributed by atoms with van der Waals surface area (Å²) in [6.07, 6.45) is 2.63. The lowest BCUT2D eigenvalue weighted by atomic mass is 9.85. The number of hydrogen-bond donors (Lipinski definition) is 3. The lowest BCUT2D eigenvalue weighted by Gasteiger charge is -2.38. The summed E-state index contributed by atoms with van der Waals surface area (Å²) >= 11 is 0. The fourth-order valence-corrected chi connectivity index (χ4v) is 4.29. The molecule has 3 N–H and O–H groups in total. The highest BCUT2D eigenvalue weighted by Crippen LogP contribution is 2.38. The van der Waals surface area contributed by atoms with Crippen LogP contribution in [0.4, 0.5) is 0 Å². The Hall–Kier alpha value is -2.48. The van der Waals surface area contributed by atoms with E-state index in [1.54, 1.807) is 19.1 Å². The van der Waals surface area contributed by atoms with Crippen LogP contribution in [0.15, 0.2) is 32.9 Å². The van der Waals surface area contributed by atoms with Gasteiger partial charge in [0.1, 0.15) is 18.4 Å². The van der Waals surface area contributed by atoms with Gasteiger partial charge in [0.05, 0.1) is 48.9 Å². The molecule has 0 aliphatic carbocycles. The average Bonchev–Trinajstić information content (AvgIpc) is 3.15.